The number of rotatable bonds is 4. The first kappa shape index (κ1) is 19.0. The Bertz CT molecular complexity index is 970. The van der Waals surface area contributed by atoms with E-state index in [1.165, 1.54) is 4.57 Å². The van der Waals surface area contributed by atoms with Crippen LogP contribution in [0.15, 0.2) is 34.1 Å². The van der Waals surface area contributed by atoms with E-state index in [-0.39, 0.29) is 6.61 Å². The minimum absolute atomic E-state index is 0.234. The van der Waals surface area contributed by atoms with Crippen molar-refractivity contribution < 1.29 is 19.3 Å². The minimum Gasteiger partial charge on any atom is -0.394 e. The monoisotopic (exact) mass is 388 g/mol. The highest BCUT2D eigenvalue weighted by atomic mass is 16.8. The fourth-order valence-corrected chi connectivity index (χ4v) is 3.71. The van der Waals surface area contributed by atoms with Gasteiger partial charge in [-0.15, -0.1) is 0 Å². The summed E-state index contributed by atoms with van der Waals surface area (Å²) in [6.07, 6.45) is -0.762. The number of fused-ring (bicyclic) bond motifs is 2. The molecule has 1 N–H and O–H groups in total. The first-order chi connectivity index (χ1) is 13.3. The van der Waals surface area contributed by atoms with Crippen molar-refractivity contribution in [3.63, 3.8) is 0 Å². The van der Waals surface area contributed by atoms with Gasteiger partial charge in [0.15, 0.2) is 17.8 Å². The maximum atomic E-state index is 13.0. The number of hydrogen-bond donors (Lipinski definition) is 1. The second kappa shape index (κ2) is 6.93. The van der Waals surface area contributed by atoms with Gasteiger partial charge >= 0.3 is 5.69 Å². The number of aliphatic hydroxyl groups is 1. The van der Waals surface area contributed by atoms with E-state index in [4.69, 9.17) is 14.2 Å². The molecule has 2 saturated heterocycles. The Morgan fingerprint density at radius 1 is 1.29 bits per heavy atom. The molecule has 28 heavy (non-hydrogen) atoms. The number of aliphatic imine (C=N–C) groups is 1. The highest BCUT2D eigenvalue weighted by Crippen LogP contribution is 2.43. The molecule has 0 spiro atoms. The first-order valence-electron chi connectivity index (χ1n) is 9.14. The second-order valence-corrected chi connectivity index (χ2v) is 7.63. The van der Waals surface area contributed by atoms with Crippen LogP contribution in [0, 0.1) is 0 Å². The van der Waals surface area contributed by atoms with E-state index in [1.807, 2.05) is 38.4 Å². The predicted molar refractivity (Wildman–Crippen MR) is 103 cm³/mol. The molecule has 3 heterocycles. The summed E-state index contributed by atoms with van der Waals surface area (Å²) in [5.74, 6) is -0.490. The molecule has 9 heteroatoms. The number of hydrogen-bond acceptors (Lipinski definition) is 7. The molecule has 1 aromatic carbocycles. The summed E-state index contributed by atoms with van der Waals surface area (Å²) in [6, 6.07) is 7.37. The molecular weight excluding hydrogens is 364 g/mol. The smallest absolute Gasteiger partial charge is 0.352 e. The Hall–Kier alpha value is -2.33. The molecule has 4 atom stereocenters. The normalized spacial score (nSPS) is 28.9. The number of benzene rings is 1. The summed E-state index contributed by atoms with van der Waals surface area (Å²) in [5.41, 5.74) is 0.129. The van der Waals surface area contributed by atoms with Gasteiger partial charge in [-0.2, -0.15) is 4.98 Å². The first-order valence-corrected chi connectivity index (χ1v) is 9.14. The summed E-state index contributed by atoms with van der Waals surface area (Å²) < 4.78 is 19.3. The van der Waals surface area contributed by atoms with Crippen LogP contribution in [0.4, 0.5) is 5.82 Å². The minimum atomic E-state index is -0.826. The van der Waals surface area contributed by atoms with Crippen LogP contribution in [0.25, 0.3) is 10.9 Å². The molecule has 4 rings (SSSR count). The lowest BCUT2D eigenvalue weighted by atomic mass is 10.1. The molecule has 2 aliphatic rings. The molecular formula is C19H24N4O5. The van der Waals surface area contributed by atoms with Crippen LogP contribution in [0.3, 0.4) is 0 Å². The Kier molecular flexibility index (Phi) is 4.70. The highest BCUT2D eigenvalue weighted by molar-refractivity contribution is 5.89. The van der Waals surface area contributed by atoms with E-state index in [1.54, 1.807) is 25.1 Å². The number of aliphatic hydroxyl groups excluding tert-OH is 1. The number of para-hydroxylation sites is 1. The van der Waals surface area contributed by atoms with Crippen LogP contribution >= 0.6 is 0 Å². The maximum absolute atomic E-state index is 13.0. The average molecular weight is 388 g/mol. The van der Waals surface area contributed by atoms with Gasteiger partial charge in [0.2, 0.25) is 0 Å². The van der Waals surface area contributed by atoms with Crippen LogP contribution in [0.2, 0.25) is 0 Å². The zero-order chi connectivity index (χ0) is 20.1. The number of aromatic nitrogens is 2. The summed E-state index contributed by atoms with van der Waals surface area (Å²) in [4.78, 5) is 23.2. The van der Waals surface area contributed by atoms with Gasteiger partial charge in [0.05, 0.1) is 18.5 Å². The third kappa shape index (κ3) is 3.20. The molecule has 2 fully saturated rings. The molecule has 0 radical (unpaired) electrons. The SMILES string of the molecule is CN(C)C=Nc1nc(=O)n([C@@H]2O[C@H](CO)[C@H]3OC(C)(C)O[C@H]32)c2ccccc12. The molecule has 150 valence electrons. The van der Waals surface area contributed by atoms with Crippen molar-refractivity contribution in [1.29, 1.82) is 0 Å². The van der Waals surface area contributed by atoms with E-state index in [9.17, 15) is 9.90 Å². The summed E-state index contributed by atoms with van der Waals surface area (Å²) >= 11 is 0. The van der Waals surface area contributed by atoms with Gasteiger partial charge < -0.3 is 24.2 Å². The lowest BCUT2D eigenvalue weighted by Crippen LogP contribution is -2.35. The Morgan fingerprint density at radius 3 is 2.71 bits per heavy atom. The molecule has 1 aromatic heterocycles. The third-order valence-corrected chi connectivity index (χ3v) is 4.78. The zero-order valence-corrected chi connectivity index (χ0v) is 16.3. The third-order valence-electron chi connectivity index (χ3n) is 4.78. The lowest BCUT2D eigenvalue weighted by Gasteiger charge is -2.25. The molecule has 9 nitrogen and oxygen atoms in total. The molecule has 2 aromatic rings. The number of nitrogens with zero attached hydrogens (tertiary/aromatic N) is 4. The van der Waals surface area contributed by atoms with E-state index in [0.29, 0.717) is 16.7 Å². The van der Waals surface area contributed by atoms with Gasteiger partial charge in [-0.25, -0.2) is 9.79 Å². The van der Waals surface area contributed by atoms with Crippen molar-refractivity contribution in [2.75, 3.05) is 20.7 Å². The lowest BCUT2D eigenvalue weighted by molar-refractivity contribution is -0.200. The Balaban J connectivity index is 1.85. The molecule has 0 saturated carbocycles. The van der Waals surface area contributed by atoms with Gasteiger partial charge in [-0.1, -0.05) is 12.1 Å². The van der Waals surface area contributed by atoms with Gasteiger partial charge in [0, 0.05) is 19.5 Å². The van der Waals surface area contributed by atoms with Gasteiger partial charge in [-0.3, -0.25) is 4.57 Å². The summed E-state index contributed by atoms with van der Waals surface area (Å²) in [5, 5.41) is 10.4. The summed E-state index contributed by atoms with van der Waals surface area (Å²) in [7, 11) is 3.68. The highest BCUT2D eigenvalue weighted by Gasteiger charge is 2.56. The van der Waals surface area contributed by atoms with Crippen molar-refractivity contribution in [2.45, 2.75) is 44.2 Å². The van der Waals surface area contributed by atoms with Crippen LogP contribution in [-0.2, 0) is 14.2 Å². The summed E-state index contributed by atoms with van der Waals surface area (Å²) in [6.45, 7) is 3.37. The van der Waals surface area contributed by atoms with Gasteiger partial charge in [0.25, 0.3) is 0 Å². The van der Waals surface area contributed by atoms with Gasteiger partial charge in [0.1, 0.15) is 18.3 Å². The van der Waals surface area contributed by atoms with Crippen molar-refractivity contribution in [3.8, 4) is 0 Å². The second-order valence-electron chi connectivity index (χ2n) is 7.63. The topological polar surface area (TPSA) is 98.4 Å². The zero-order valence-electron chi connectivity index (χ0n) is 16.3. The van der Waals surface area contributed by atoms with Gasteiger partial charge in [-0.05, 0) is 26.0 Å². The van der Waals surface area contributed by atoms with Crippen LogP contribution in [-0.4, -0.2) is 70.7 Å². The average Bonchev–Trinajstić information content (AvgIpc) is 3.12. The van der Waals surface area contributed by atoms with E-state index < -0.39 is 36.0 Å². The number of ether oxygens (including phenoxy) is 3. The standard InChI is InChI=1S/C19H24N4O5/c1-19(2)27-14-13(9-24)26-17(15(14)28-19)23-12-8-6-5-7-11(12)16(21-18(23)25)20-10-22(3)4/h5-8,10,13-15,17,24H,9H2,1-4H3/t13-,14-,15-,17-/m1/s1. The van der Waals surface area contributed by atoms with Crippen LogP contribution < -0.4 is 5.69 Å². The van der Waals surface area contributed by atoms with E-state index >= 15 is 0 Å². The van der Waals surface area contributed by atoms with Crippen molar-refractivity contribution in [3.05, 3.63) is 34.7 Å². The quantitative estimate of drug-likeness (QED) is 0.617. The van der Waals surface area contributed by atoms with Crippen molar-refractivity contribution in [2.24, 2.45) is 4.99 Å². The van der Waals surface area contributed by atoms with E-state index in [0.717, 1.165) is 0 Å². The molecule has 0 unspecified atom stereocenters. The van der Waals surface area contributed by atoms with Crippen LogP contribution in [0.5, 0.6) is 0 Å². The largest absolute Gasteiger partial charge is 0.394 e. The molecule has 0 amide bonds. The van der Waals surface area contributed by atoms with Crippen molar-refractivity contribution in [1.82, 2.24) is 14.5 Å². The molecule has 2 aliphatic heterocycles. The fourth-order valence-electron chi connectivity index (χ4n) is 3.71. The maximum Gasteiger partial charge on any atom is 0.352 e. The molecule has 0 aliphatic carbocycles. The fraction of sp³-hybridized carbons (Fsp3) is 0.526. The van der Waals surface area contributed by atoms with E-state index in [2.05, 4.69) is 9.98 Å². The Labute approximate surface area is 162 Å². The molecule has 0 bridgehead atoms. The Morgan fingerprint density at radius 2 is 2.00 bits per heavy atom. The van der Waals surface area contributed by atoms with Crippen molar-refractivity contribution >= 4 is 23.1 Å². The predicted octanol–water partition coefficient (Wildman–Crippen LogP) is 1.03. The van der Waals surface area contributed by atoms with Crippen LogP contribution in [0.1, 0.15) is 20.1 Å².